The van der Waals surface area contributed by atoms with Crippen LogP contribution in [0.1, 0.15) is 22.6 Å². The lowest BCUT2D eigenvalue weighted by Crippen LogP contribution is -2.45. The van der Waals surface area contributed by atoms with Crippen LogP contribution in [0.15, 0.2) is 58.7 Å². The smallest absolute Gasteiger partial charge is 0.252 e. The van der Waals surface area contributed by atoms with Gasteiger partial charge in [-0.25, -0.2) is 4.98 Å². The number of aromatic amines is 1. The first kappa shape index (κ1) is 23.2. The van der Waals surface area contributed by atoms with Gasteiger partial charge in [-0.1, -0.05) is 36.4 Å². The molecule has 7 nitrogen and oxygen atoms in total. The zero-order valence-electron chi connectivity index (χ0n) is 19.7. The minimum Gasteiger partial charge on any atom is -0.341 e. The molecule has 0 spiro atoms. The first-order valence-corrected chi connectivity index (χ1v) is 13.2. The maximum atomic E-state index is 12.5. The highest BCUT2D eigenvalue weighted by Gasteiger charge is 2.20. The molecule has 2 saturated heterocycles. The van der Waals surface area contributed by atoms with Crippen LogP contribution in [-0.2, 0) is 19.6 Å². The largest absolute Gasteiger partial charge is 0.341 e. The molecule has 2 aliphatic rings. The van der Waals surface area contributed by atoms with E-state index >= 15 is 0 Å². The maximum Gasteiger partial charge on any atom is 0.252 e. The van der Waals surface area contributed by atoms with Gasteiger partial charge < -0.3 is 4.90 Å². The second kappa shape index (κ2) is 11.3. The Balaban J connectivity index is 1.15. The Hall–Kier alpha value is -2.52. The van der Waals surface area contributed by atoms with Gasteiger partial charge in [0.05, 0.1) is 5.69 Å². The highest BCUT2D eigenvalue weighted by molar-refractivity contribution is 7.09. The van der Waals surface area contributed by atoms with Crippen molar-refractivity contribution in [3.05, 3.63) is 80.4 Å². The van der Waals surface area contributed by atoms with Gasteiger partial charge in [0, 0.05) is 82.9 Å². The van der Waals surface area contributed by atoms with Crippen LogP contribution in [0.5, 0.6) is 0 Å². The number of thiophene rings is 1. The van der Waals surface area contributed by atoms with E-state index in [0.717, 1.165) is 90.1 Å². The van der Waals surface area contributed by atoms with Gasteiger partial charge in [-0.15, -0.1) is 11.3 Å². The van der Waals surface area contributed by atoms with Gasteiger partial charge in [-0.2, -0.15) is 0 Å². The van der Waals surface area contributed by atoms with E-state index in [1.165, 1.54) is 10.4 Å². The van der Waals surface area contributed by atoms with Crippen molar-refractivity contribution in [2.75, 3.05) is 57.3 Å². The molecule has 0 bridgehead atoms. The summed E-state index contributed by atoms with van der Waals surface area (Å²) in [4.78, 5) is 31.4. The van der Waals surface area contributed by atoms with Crippen LogP contribution in [0, 0.1) is 0 Å². The average Bonchev–Trinajstić information content (AvgIpc) is 3.24. The van der Waals surface area contributed by atoms with Crippen molar-refractivity contribution in [3.8, 4) is 0 Å². The van der Waals surface area contributed by atoms with Crippen LogP contribution in [0.25, 0.3) is 0 Å². The van der Waals surface area contributed by atoms with Gasteiger partial charge in [0.15, 0.2) is 0 Å². The quantitative estimate of drug-likeness (QED) is 0.564. The molecular formula is C26H34N6OS. The van der Waals surface area contributed by atoms with Crippen LogP contribution in [0.2, 0.25) is 0 Å². The van der Waals surface area contributed by atoms with E-state index in [1.807, 2.05) is 11.3 Å². The minimum absolute atomic E-state index is 0.0533. The maximum absolute atomic E-state index is 12.5. The molecule has 0 aliphatic carbocycles. The van der Waals surface area contributed by atoms with Crippen molar-refractivity contribution in [2.24, 2.45) is 0 Å². The monoisotopic (exact) mass is 478 g/mol. The number of nitrogens with zero attached hydrogens (tertiary/aromatic N) is 5. The topological polar surface area (TPSA) is 58.7 Å². The normalized spacial score (nSPS) is 18.8. The summed E-state index contributed by atoms with van der Waals surface area (Å²) in [6.07, 6.45) is 1.07. The van der Waals surface area contributed by atoms with E-state index in [-0.39, 0.29) is 5.56 Å². The Kier molecular flexibility index (Phi) is 7.70. The number of H-pyrrole nitrogens is 1. The molecule has 0 saturated carbocycles. The molecule has 8 heteroatoms. The van der Waals surface area contributed by atoms with E-state index in [0.29, 0.717) is 0 Å². The van der Waals surface area contributed by atoms with Gasteiger partial charge in [0.25, 0.3) is 5.56 Å². The fraction of sp³-hybridized carbons (Fsp3) is 0.462. The second-order valence-corrected chi connectivity index (χ2v) is 10.3. The van der Waals surface area contributed by atoms with Gasteiger partial charge >= 0.3 is 0 Å². The molecule has 0 radical (unpaired) electrons. The molecule has 0 amide bonds. The Labute approximate surface area is 205 Å². The highest BCUT2D eigenvalue weighted by Crippen LogP contribution is 2.16. The van der Waals surface area contributed by atoms with Gasteiger partial charge in [-0.3, -0.25) is 24.5 Å². The molecule has 4 heterocycles. The third-order valence-corrected chi connectivity index (χ3v) is 7.59. The fourth-order valence-electron chi connectivity index (χ4n) is 4.86. The van der Waals surface area contributed by atoms with Gasteiger partial charge in [0.2, 0.25) is 5.95 Å². The van der Waals surface area contributed by atoms with E-state index in [2.05, 4.69) is 72.4 Å². The SMILES string of the molecule is O=c1cc(CN2CCN(Cc3ccccc3)CC2)nc(N2CCCN(Cc3cccs3)CC2)[nH]1. The lowest BCUT2D eigenvalue weighted by molar-refractivity contribution is 0.121. The van der Waals surface area contributed by atoms with Crippen molar-refractivity contribution in [3.63, 3.8) is 0 Å². The molecule has 180 valence electrons. The molecule has 0 unspecified atom stereocenters. The summed E-state index contributed by atoms with van der Waals surface area (Å²) in [6, 6.07) is 16.7. The number of nitrogens with one attached hydrogen (secondary N) is 1. The molecule has 34 heavy (non-hydrogen) atoms. The predicted octanol–water partition coefficient (Wildman–Crippen LogP) is 2.86. The number of anilines is 1. The number of hydrogen-bond acceptors (Lipinski definition) is 7. The standard InChI is InChI=1S/C26H34N6OS/c33-25-18-23(20-31-13-11-30(12-14-31)19-22-6-2-1-3-7-22)27-26(28-25)32-10-5-9-29(15-16-32)21-24-8-4-17-34-24/h1-4,6-8,17-18H,5,9-16,19-21H2,(H,27,28,33). The van der Waals surface area contributed by atoms with E-state index < -0.39 is 0 Å². The van der Waals surface area contributed by atoms with Crippen molar-refractivity contribution in [2.45, 2.75) is 26.1 Å². The molecule has 1 N–H and O–H groups in total. The van der Waals surface area contributed by atoms with Crippen molar-refractivity contribution in [1.82, 2.24) is 24.7 Å². The van der Waals surface area contributed by atoms with Gasteiger partial charge in [0.1, 0.15) is 0 Å². The van der Waals surface area contributed by atoms with Crippen LogP contribution in [0.4, 0.5) is 5.95 Å². The molecule has 2 fully saturated rings. The van der Waals surface area contributed by atoms with Crippen LogP contribution >= 0.6 is 11.3 Å². The summed E-state index contributed by atoms with van der Waals surface area (Å²) in [6.45, 7) is 10.7. The van der Waals surface area contributed by atoms with Gasteiger partial charge in [-0.05, 0) is 23.4 Å². The molecule has 5 rings (SSSR count). The average molecular weight is 479 g/mol. The Bertz CT molecular complexity index is 1080. The molecule has 2 aromatic heterocycles. The number of hydrogen-bond donors (Lipinski definition) is 1. The summed E-state index contributed by atoms with van der Waals surface area (Å²) in [5.41, 5.74) is 2.18. The third kappa shape index (κ3) is 6.33. The minimum atomic E-state index is -0.0533. The fourth-order valence-corrected chi connectivity index (χ4v) is 5.61. The summed E-state index contributed by atoms with van der Waals surface area (Å²) in [5.74, 6) is 0.725. The first-order chi connectivity index (χ1) is 16.7. The number of piperazine rings is 1. The van der Waals surface area contributed by atoms with Crippen molar-refractivity contribution in [1.29, 1.82) is 0 Å². The van der Waals surface area contributed by atoms with E-state index in [4.69, 9.17) is 4.98 Å². The number of aromatic nitrogens is 2. The third-order valence-electron chi connectivity index (χ3n) is 6.73. The lowest BCUT2D eigenvalue weighted by Gasteiger charge is -2.34. The Morgan fingerprint density at radius 1 is 0.794 bits per heavy atom. The summed E-state index contributed by atoms with van der Waals surface area (Å²) >= 11 is 1.82. The molecular weight excluding hydrogens is 444 g/mol. The highest BCUT2D eigenvalue weighted by atomic mass is 32.1. The molecule has 3 aromatic rings. The Morgan fingerprint density at radius 2 is 1.53 bits per heavy atom. The Morgan fingerprint density at radius 3 is 2.29 bits per heavy atom. The number of rotatable bonds is 7. The number of benzene rings is 1. The molecule has 2 aliphatic heterocycles. The zero-order chi connectivity index (χ0) is 23.2. The van der Waals surface area contributed by atoms with Crippen LogP contribution < -0.4 is 10.5 Å². The van der Waals surface area contributed by atoms with Crippen molar-refractivity contribution < 1.29 is 0 Å². The zero-order valence-corrected chi connectivity index (χ0v) is 20.6. The molecule has 0 atom stereocenters. The van der Waals surface area contributed by atoms with Crippen LogP contribution in [-0.4, -0.2) is 77.0 Å². The molecule has 1 aromatic carbocycles. The summed E-state index contributed by atoms with van der Waals surface area (Å²) in [5, 5.41) is 2.14. The van der Waals surface area contributed by atoms with E-state index in [9.17, 15) is 4.79 Å². The summed E-state index contributed by atoms with van der Waals surface area (Å²) in [7, 11) is 0. The van der Waals surface area contributed by atoms with E-state index in [1.54, 1.807) is 6.07 Å². The predicted molar refractivity (Wildman–Crippen MR) is 138 cm³/mol. The summed E-state index contributed by atoms with van der Waals surface area (Å²) < 4.78 is 0. The van der Waals surface area contributed by atoms with Crippen molar-refractivity contribution >= 4 is 17.3 Å². The van der Waals surface area contributed by atoms with Crippen LogP contribution in [0.3, 0.4) is 0 Å². The first-order valence-electron chi connectivity index (χ1n) is 12.3. The second-order valence-electron chi connectivity index (χ2n) is 9.29. The lowest BCUT2D eigenvalue weighted by atomic mass is 10.2.